The maximum atomic E-state index is 13.4. The summed E-state index contributed by atoms with van der Waals surface area (Å²) in [7, 11) is 0. The number of nitrogens with one attached hydrogen (secondary N) is 1. The van der Waals surface area contributed by atoms with Crippen molar-refractivity contribution in [3.63, 3.8) is 0 Å². The van der Waals surface area contributed by atoms with E-state index in [9.17, 15) is 4.79 Å². The van der Waals surface area contributed by atoms with Gasteiger partial charge in [0, 0.05) is 12.2 Å². The van der Waals surface area contributed by atoms with Gasteiger partial charge in [0.1, 0.15) is 0 Å². The van der Waals surface area contributed by atoms with Gasteiger partial charge in [-0.25, -0.2) is 9.67 Å². The summed E-state index contributed by atoms with van der Waals surface area (Å²) in [5, 5.41) is 18.7. The Morgan fingerprint density at radius 3 is 2.77 bits per heavy atom. The molecule has 0 aliphatic heterocycles. The summed E-state index contributed by atoms with van der Waals surface area (Å²) in [5.74, 6) is 0.472. The van der Waals surface area contributed by atoms with E-state index in [1.165, 1.54) is 0 Å². The van der Waals surface area contributed by atoms with E-state index in [0.717, 1.165) is 21.6 Å². The monoisotopic (exact) mass is 431 g/mol. The van der Waals surface area contributed by atoms with E-state index in [4.69, 9.17) is 4.98 Å². The molecule has 0 radical (unpaired) electrons. The van der Waals surface area contributed by atoms with Gasteiger partial charge in [-0.05, 0) is 50.4 Å². The molecule has 5 aromatic heterocycles. The number of hydrogen-bond acceptors (Lipinski definition) is 6. The number of carbonyl (C=O) groups is 1. The van der Waals surface area contributed by atoms with E-state index in [1.807, 2.05) is 77.8 Å². The highest BCUT2D eigenvalue weighted by molar-refractivity contribution is 7.13. The Morgan fingerprint density at radius 2 is 2.00 bits per heavy atom. The third-order valence-corrected chi connectivity index (χ3v) is 6.04. The molecule has 1 unspecified atom stereocenters. The molecule has 31 heavy (non-hydrogen) atoms. The lowest BCUT2D eigenvalue weighted by Gasteiger charge is -2.14. The molecule has 0 fully saturated rings. The van der Waals surface area contributed by atoms with Gasteiger partial charge in [0.15, 0.2) is 17.1 Å². The number of amides is 1. The number of aromatic nitrogens is 6. The summed E-state index contributed by atoms with van der Waals surface area (Å²) in [5.41, 5.74) is 2.74. The van der Waals surface area contributed by atoms with Gasteiger partial charge in [-0.15, -0.1) is 21.5 Å². The van der Waals surface area contributed by atoms with Crippen LogP contribution in [0.2, 0.25) is 0 Å². The smallest absolute Gasteiger partial charge is 0.252 e. The summed E-state index contributed by atoms with van der Waals surface area (Å²) >= 11 is 1.59. The summed E-state index contributed by atoms with van der Waals surface area (Å²) in [6.45, 7) is 5.99. The highest BCUT2D eigenvalue weighted by Gasteiger charge is 2.22. The molecule has 156 valence electrons. The van der Waals surface area contributed by atoms with E-state index in [0.29, 0.717) is 17.0 Å². The first-order chi connectivity index (χ1) is 15.0. The van der Waals surface area contributed by atoms with Crippen LogP contribution in [-0.4, -0.2) is 35.3 Å². The van der Waals surface area contributed by atoms with E-state index in [1.54, 1.807) is 17.5 Å². The first-order valence-corrected chi connectivity index (χ1v) is 10.9. The first-order valence-electron chi connectivity index (χ1n) is 10.1. The number of hydrogen-bond donors (Lipinski definition) is 1. The van der Waals surface area contributed by atoms with Crippen LogP contribution in [0.25, 0.3) is 27.3 Å². The Balaban J connectivity index is 1.56. The van der Waals surface area contributed by atoms with Gasteiger partial charge in [0.2, 0.25) is 0 Å². The van der Waals surface area contributed by atoms with Gasteiger partial charge >= 0.3 is 0 Å². The molecule has 0 spiro atoms. The second kappa shape index (κ2) is 7.59. The minimum absolute atomic E-state index is 0.126. The molecule has 0 aliphatic rings. The zero-order chi connectivity index (χ0) is 21.5. The third-order valence-electron chi connectivity index (χ3n) is 5.15. The highest BCUT2D eigenvalue weighted by atomic mass is 32.1. The molecule has 0 saturated carbocycles. The van der Waals surface area contributed by atoms with Crippen LogP contribution in [0, 0.1) is 0 Å². The van der Waals surface area contributed by atoms with Crippen molar-refractivity contribution in [3.05, 3.63) is 65.6 Å². The van der Waals surface area contributed by atoms with E-state index in [-0.39, 0.29) is 18.0 Å². The largest absolute Gasteiger partial charge is 0.342 e. The van der Waals surface area contributed by atoms with Gasteiger partial charge in [-0.3, -0.25) is 9.20 Å². The molecule has 1 amide bonds. The number of rotatable bonds is 5. The molecule has 8 nitrogen and oxygen atoms in total. The van der Waals surface area contributed by atoms with Crippen LogP contribution in [0.1, 0.15) is 49.0 Å². The van der Waals surface area contributed by atoms with Gasteiger partial charge < -0.3 is 5.32 Å². The summed E-state index contributed by atoms with van der Waals surface area (Å²) in [6.07, 6.45) is 3.60. The number of pyridine rings is 2. The Kier molecular flexibility index (Phi) is 4.74. The predicted molar refractivity (Wildman–Crippen MR) is 120 cm³/mol. The lowest BCUT2D eigenvalue weighted by Crippen LogP contribution is -2.28. The van der Waals surface area contributed by atoms with Crippen molar-refractivity contribution in [3.8, 4) is 10.6 Å². The molecule has 5 rings (SSSR count). The molecule has 0 saturated heterocycles. The SMILES string of the molecule is CC(NC(=O)c1cc(-c2cccs2)nc2c1cnn2C(C)C)c1nnc2ccccn12. The molecule has 5 heterocycles. The van der Waals surface area contributed by atoms with Crippen LogP contribution in [-0.2, 0) is 0 Å². The summed E-state index contributed by atoms with van der Waals surface area (Å²) < 4.78 is 3.72. The lowest BCUT2D eigenvalue weighted by atomic mass is 10.1. The second-order valence-electron chi connectivity index (χ2n) is 7.63. The predicted octanol–water partition coefficient (Wildman–Crippen LogP) is 4.27. The molecule has 1 atom stereocenters. The third kappa shape index (κ3) is 3.36. The van der Waals surface area contributed by atoms with Crippen LogP contribution >= 0.6 is 11.3 Å². The molecule has 0 aromatic carbocycles. The maximum Gasteiger partial charge on any atom is 0.252 e. The normalized spacial score (nSPS) is 12.6. The highest BCUT2D eigenvalue weighted by Crippen LogP contribution is 2.29. The quantitative estimate of drug-likeness (QED) is 0.449. The fourth-order valence-corrected chi connectivity index (χ4v) is 4.31. The zero-order valence-electron chi connectivity index (χ0n) is 17.4. The zero-order valence-corrected chi connectivity index (χ0v) is 18.2. The van der Waals surface area contributed by atoms with E-state index in [2.05, 4.69) is 20.6 Å². The summed E-state index contributed by atoms with van der Waals surface area (Å²) in [6, 6.07) is 11.3. The second-order valence-corrected chi connectivity index (χ2v) is 8.58. The Bertz CT molecular complexity index is 1380. The average Bonchev–Trinajstić information content (AvgIpc) is 3.51. The first kappa shape index (κ1) is 19.4. The van der Waals surface area contributed by atoms with Crippen molar-refractivity contribution < 1.29 is 4.79 Å². The number of thiophene rings is 1. The molecule has 9 heteroatoms. The average molecular weight is 432 g/mol. The molecule has 0 aliphatic carbocycles. The maximum absolute atomic E-state index is 13.4. The van der Waals surface area contributed by atoms with Gasteiger partial charge in [0.05, 0.1) is 33.8 Å². The van der Waals surface area contributed by atoms with Crippen LogP contribution in [0.3, 0.4) is 0 Å². The van der Waals surface area contributed by atoms with Gasteiger partial charge in [0.25, 0.3) is 5.91 Å². The fraction of sp³-hybridized carbons (Fsp3) is 0.227. The van der Waals surface area contributed by atoms with Crippen LogP contribution in [0.15, 0.2) is 54.2 Å². The van der Waals surface area contributed by atoms with E-state index < -0.39 is 0 Å². The van der Waals surface area contributed by atoms with Crippen molar-refractivity contribution in [1.29, 1.82) is 0 Å². The van der Waals surface area contributed by atoms with Gasteiger partial charge in [-0.2, -0.15) is 5.10 Å². The van der Waals surface area contributed by atoms with Gasteiger partial charge in [-0.1, -0.05) is 12.1 Å². The van der Waals surface area contributed by atoms with Crippen LogP contribution in [0.5, 0.6) is 0 Å². The Hall–Kier alpha value is -3.59. The summed E-state index contributed by atoms with van der Waals surface area (Å²) in [4.78, 5) is 19.2. The number of fused-ring (bicyclic) bond motifs is 2. The minimum Gasteiger partial charge on any atom is -0.342 e. The van der Waals surface area contributed by atoms with E-state index >= 15 is 0 Å². The number of nitrogens with zero attached hydrogens (tertiary/aromatic N) is 6. The molecule has 1 N–H and O–H groups in total. The molecular weight excluding hydrogens is 410 g/mol. The van der Waals surface area contributed by atoms with Crippen molar-refractivity contribution in [2.45, 2.75) is 32.9 Å². The standard InChI is InChI=1S/C22H21N7OS/c1-13(2)29-21-16(12-23-29)15(11-17(25-21)18-7-6-10-31-18)22(30)24-14(3)20-27-26-19-8-4-5-9-28(19)20/h4-14H,1-3H3,(H,24,30). The Labute approximate surface area is 182 Å². The molecular formula is C22H21N7OS. The minimum atomic E-state index is -0.335. The topological polar surface area (TPSA) is 90.0 Å². The van der Waals surface area contributed by atoms with Crippen molar-refractivity contribution >= 4 is 33.9 Å². The van der Waals surface area contributed by atoms with Crippen molar-refractivity contribution in [2.24, 2.45) is 0 Å². The van der Waals surface area contributed by atoms with Crippen molar-refractivity contribution in [1.82, 2.24) is 34.7 Å². The lowest BCUT2D eigenvalue weighted by molar-refractivity contribution is 0.0939. The van der Waals surface area contributed by atoms with Crippen LogP contribution < -0.4 is 5.32 Å². The number of carbonyl (C=O) groups excluding carboxylic acids is 1. The van der Waals surface area contributed by atoms with Crippen LogP contribution in [0.4, 0.5) is 0 Å². The molecule has 5 aromatic rings. The fourth-order valence-electron chi connectivity index (χ4n) is 3.63. The Morgan fingerprint density at radius 1 is 1.13 bits per heavy atom. The molecule has 0 bridgehead atoms. The van der Waals surface area contributed by atoms with Crippen molar-refractivity contribution in [2.75, 3.05) is 0 Å².